The van der Waals surface area contributed by atoms with E-state index in [1.54, 1.807) is 12.1 Å². The minimum absolute atomic E-state index is 0.000276. The number of nitrogens with zero attached hydrogens (tertiary/aromatic N) is 6. The highest BCUT2D eigenvalue weighted by Gasteiger charge is 2.12. The summed E-state index contributed by atoms with van der Waals surface area (Å²) in [6.07, 6.45) is -0.668. The maximum Gasteiger partial charge on any atom is 0.269 e. The van der Waals surface area contributed by atoms with Crippen LogP contribution in [0.3, 0.4) is 0 Å². The molecule has 0 N–H and O–H groups in total. The van der Waals surface area contributed by atoms with Gasteiger partial charge >= 0.3 is 0 Å². The van der Waals surface area contributed by atoms with Crippen LogP contribution in [0.5, 0.6) is 0 Å². The van der Waals surface area contributed by atoms with Crippen molar-refractivity contribution in [1.29, 1.82) is 0 Å². The molecule has 0 aliphatic rings. The van der Waals surface area contributed by atoms with Crippen molar-refractivity contribution in [1.82, 2.24) is 4.98 Å². The Bertz CT molecular complexity index is 1250. The maximum atomic E-state index is 10.8. The molecule has 32 heavy (non-hydrogen) atoms. The average Bonchev–Trinajstić information content (AvgIpc) is 3.22. The van der Waals surface area contributed by atoms with Crippen molar-refractivity contribution < 1.29 is 4.92 Å². The second kappa shape index (κ2) is 9.52. The zero-order valence-corrected chi connectivity index (χ0v) is 18.3. The van der Waals surface area contributed by atoms with Crippen LogP contribution in [-0.2, 0) is 0 Å². The zero-order chi connectivity index (χ0) is 22.5. The average molecular weight is 445 g/mol. The minimum atomic E-state index is -0.668. The normalized spacial score (nSPS) is 12.8. The third kappa shape index (κ3) is 5.06. The number of azo groups is 2. The summed E-state index contributed by atoms with van der Waals surface area (Å²) in [6, 6.07) is 21.7. The van der Waals surface area contributed by atoms with Gasteiger partial charge < -0.3 is 0 Å². The molecule has 0 radical (unpaired) electrons. The highest BCUT2D eigenvalue weighted by Crippen LogP contribution is 2.31. The molecule has 0 aliphatic heterocycles. The lowest BCUT2D eigenvalue weighted by Gasteiger charge is -2.09. The van der Waals surface area contributed by atoms with Gasteiger partial charge in [-0.05, 0) is 35.7 Å². The molecular formula is C23H20N6O2S. The van der Waals surface area contributed by atoms with Crippen LogP contribution in [0.1, 0.15) is 37.1 Å². The number of fused-ring (bicyclic) bond motifs is 1. The number of non-ortho nitro benzene ring substituents is 1. The number of rotatable bonds is 7. The van der Waals surface area contributed by atoms with Crippen LogP contribution < -0.4 is 0 Å². The Hall–Kier alpha value is -3.85. The Kier molecular flexibility index (Phi) is 6.37. The van der Waals surface area contributed by atoms with Gasteiger partial charge in [-0.25, -0.2) is 4.98 Å². The van der Waals surface area contributed by atoms with E-state index in [4.69, 9.17) is 0 Å². The SMILES string of the molecule is CC(C)c1ccc(C(N=Nc2ccc([N+](=O)[O-])cc2)N=Nc2nc3ccccc3s2)cc1. The summed E-state index contributed by atoms with van der Waals surface area (Å²) in [5.41, 5.74) is 3.42. The van der Waals surface area contributed by atoms with E-state index in [0.717, 1.165) is 15.8 Å². The molecule has 9 heteroatoms. The second-order valence-corrected chi connectivity index (χ2v) is 8.37. The number of nitro benzene ring substituents is 1. The molecule has 0 spiro atoms. The van der Waals surface area contributed by atoms with Crippen LogP contribution in [0.15, 0.2) is 93.3 Å². The number of benzene rings is 3. The first-order valence-corrected chi connectivity index (χ1v) is 10.8. The lowest BCUT2D eigenvalue weighted by Crippen LogP contribution is -1.93. The Morgan fingerprint density at radius 2 is 1.53 bits per heavy atom. The van der Waals surface area contributed by atoms with Crippen molar-refractivity contribution >= 4 is 38.1 Å². The molecule has 4 aromatic rings. The molecule has 1 atom stereocenters. The van der Waals surface area contributed by atoms with Crippen LogP contribution >= 0.6 is 11.3 Å². The molecule has 0 fully saturated rings. The molecule has 0 aliphatic carbocycles. The number of hydrogen-bond donors (Lipinski definition) is 0. The van der Waals surface area contributed by atoms with Crippen LogP contribution in [0.25, 0.3) is 10.2 Å². The third-order valence-corrected chi connectivity index (χ3v) is 5.70. The number of hydrogen-bond acceptors (Lipinski definition) is 8. The van der Waals surface area contributed by atoms with Crippen LogP contribution in [0, 0.1) is 10.1 Å². The number of aromatic nitrogens is 1. The fourth-order valence-corrected chi connectivity index (χ4v) is 3.77. The summed E-state index contributed by atoms with van der Waals surface area (Å²) >= 11 is 1.45. The Balaban J connectivity index is 1.63. The predicted molar refractivity (Wildman–Crippen MR) is 125 cm³/mol. The first-order chi connectivity index (χ1) is 15.5. The number of para-hydroxylation sites is 1. The van der Waals surface area contributed by atoms with E-state index in [0.29, 0.717) is 16.7 Å². The van der Waals surface area contributed by atoms with Gasteiger partial charge in [-0.3, -0.25) is 10.1 Å². The van der Waals surface area contributed by atoms with Gasteiger partial charge in [0.15, 0.2) is 0 Å². The standard InChI is InChI=1S/C23H20N6O2S/c1-15(2)16-7-9-17(10-8-16)22(26-25-18-11-13-19(14-12-18)29(30)31)27-28-23-24-20-5-3-4-6-21(20)32-23/h3-15,22H,1-2H3. The molecule has 0 saturated carbocycles. The van der Waals surface area contributed by atoms with Gasteiger partial charge in [0.1, 0.15) is 0 Å². The second-order valence-electron chi connectivity index (χ2n) is 7.36. The lowest BCUT2D eigenvalue weighted by atomic mass is 10.0. The van der Waals surface area contributed by atoms with E-state index in [1.807, 2.05) is 48.5 Å². The zero-order valence-electron chi connectivity index (χ0n) is 17.5. The van der Waals surface area contributed by atoms with E-state index >= 15 is 0 Å². The van der Waals surface area contributed by atoms with Crippen molar-refractivity contribution in [3.8, 4) is 0 Å². The molecule has 0 saturated heterocycles. The fraction of sp³-hybridized carbons (Fsp3) is 0.174. The van der Waals surface area contributed by atoms with Gasteiger partial charge in [-0.15, -0.1) is 5.11 Å². The van der Waals surface area contributed by atoms with Crippen molar-refractivity contribution in [3.05, 3.63) is 94.0 Å². The predicted octanol–water partition coefficient (Wildman–Crippen LogP) is 7.89. The third-order valence-electron chi connectivity index (χ3n) is 4.78. The summed E-state index contributed by atoms with van der Waals surface area (Å²) in [7, 11) is 0. The largest absolute Gasteiger partial charge is 0.269 e. The Morgan fingerprint density at radius 3 is 2.19 bits per heavy atom. The molecule has 1 unspecified atom stereocenters. The quantitative estimate of drug-likeness (QED) is 0.164. The Morgan fingerprint density at radius 1 is 0.875 bits per heavy atom. The summed E-state index contributed by atoms with van der Waals surface area (Å²) in [5.74, 6) is 0.411. The van der Waals surface area contributed by atoms with Crippen molar-refractivity contribution in [2.24, 2.45) is 20.5 Å². The van der Waals surface area contributed by atoms with Crippen molar-refractivity contribution in [2.45, 2.75) is 25.9 Å². The molecule has 3 aromatic carbocycles. The van der Waals surface area contributed by atoms with E-state index in [2.05, 4.69) is 39.3 Å². The van der Waals surface area contributed by atoms with Gasteiger partial charge in [0.2, 0.25) is 11.3 Å². The van der Waals surface area contributed by atoms with Gasteiger partial charge in [-0.2, -0.15) is 15.3 Å². The molecule has 0 amide bonds. The van der Waals surface area contributed by atoms with Crippen LogP contribution in [0.4, 0.5) is 16.5 Å². The fourth-order valence-electron chi connectivity index (χ4n) is 2.98. The smallest absolute Gasteiger partial charge is 0.258 e. The first kappa shape index (κ1) is 21.4. The maximum absolute atomic E-state index is 10.8. The molecule has 8 nitrogen and oxygen atoms in total. The number of nitro groups is 1. The van der Waals surface area contributed by atoms with E-state index < -0.39 is 11.1 Å². The number of thiazole rings is 1. The molecule has 1 aromatic heterocycles. The molecule has 160 valence electrons. The summed E-state index contributed by atoms with van der Waals surface area (Å²) in [4.78, 5) is 14.9. The topological polar surface area (TPSA) is 105 Å². The minimum Gasteiger partial charge on any atom is -0.258 e. The summed E-state index contributed by atoms with van der Waals surface area (Å²) in [5, 5.41) is 28.7. The van der Waals surface area contributed by atoms with Crippen molar-refractivity contribution in [2.75, 3.05) is 0 Å². The van der Waals surface area contributed by atoms with Gasteiger partial charge in [0.25, 0.3) is 5.69 Å². The van der Waals surface area contributed by atoms with Gasteiger partial charge in [-0.1, -0.05) is 61.6 Å². The monoisotopic (exact) mass is 444 g/mol. The first-order valence-electron chi connectivity index (χ1n) is 10.0. The highest BCUT2D eigenvalue weighted by atomic mass is 32.1. The Labute approximate surface area is 188 Å². The highest BCUT2D eigenvalue weighted by molar-refractivity contribution is 7.21. The van der Waals surface area contributed by atoms with Crippen LogP contribution in [0.2, 0.25) is 0 Å². The summed E-state index contributed by atoms with van der Waals surface area (Å²) in [6.45, 7) is 4.27. The van der Waals surface area contributed by atoms with Gasteiger partial charge in [0.05, 0.1) is 20.8 Å². The van der Waals surface area contributed by atoms with E-state index in [9.17, 15) is 10.1 Å². The molecule has 0 bridgehead atoms. The van der Waals surface area contributed by atoms with Crippen molar-refractivity contribution in [3.63, 3.8) is 0 Å². The van der Waals surface area contributed by atoms with Gasteiger partial charge in [0, 0.05) is 17.7 Å². The van der Waals surface area contributed by atoms with Crippen LogP contribution in [-0.4, -0.2) is 9.91 Å². The molecule has 1 heterocycles. The molecule has 4 rings (SSSR count). The lowest BCUT2D eigenvalue weighted by molar-refractivity contribution is -0.384. The van der Waals surface area contributed by atoms with E-state index in [-0.39, 0.29) is 5.69 Å². The summed E-state index contributed by atoms with van der Waals surface area (Å²) < 4.78 is 1.03. The molecular weight excluding hydrogens is 424 g/mol. The van der Waals surface area contributed by atoms with E-state index in [1.165, 1.54) is 29.0 Å².